The van der Waals surface area contributed by atoms with E-state index in [1.165, 1.54) is 0 Å². The Hall–Kier alpha value is 3.64. The molecule has 0 nitrogen and oxygen atoms in total. The van der Waals surface area contributed by atoms with E-state index in [2.05, 4.69) is 0 Å². The maximum absolute atomic E-state index is 0. The zero-order valence-electron chi connectivity index (χ0n) is 1.19. The van der Waals surface area contributed by atoms with Crippen molar-refractivity contribution in [2.45, 2.75) is 0 Å². The Morgan fingerprint density at radius 1 is 0.750 bits per heavy atom. The molecule has 0 aliphatic carbocycles. The van der Waals surface area contributed by atoms with Gasteiger partial charge in [-0.2, -0.15) is 0 Å². The first kappa shape index (κ1) is 25.4. The summed E-state index contributed by atoms with van der Waals surface area (Å²) in [5, 5.41) is 0. The maximum atomic E-state index is 0. The molecule has 0 aromatic heterocycles. The minimum absolute atomic E-state index is 0. The van der Waals surface area contributed by atoms with Gasteiger partial charge in [0.15, 0.2) is 0 Å². The van der Waals surface area contributed by atoms with Gasteiger partial charge in [-0.05, 0) is 0 Å². The molecule has 0 bridgehead atoms. The van der Waals surface area contributed by atoms with Crippen LogP contribution in [-0.4, -0.2) is 18.9 Å². The van der Waals surface area contributed by atoms with Crippen LogP contribution in [0.2, 0.25) is 0 Å². The van der Waals surface area contributed by atoms with Crippen LogP contribution < -0.4 is 0 Å². The number of halogens is 2. The van der Waals surface area contributed by atoms with E-state index in [1.54, 1.807) is 0 Å². The van der Waals surface area contributed by atoms with E-state index in [0.717, 1.165) is 0 Å². The van der Waals surface area contributed by atoms with Gasteiger partial charge < -0.3 is 0 Å². The fraction of sp³-hybridized carbons (Fsp3) is 0. The molecule has 0 fully saturated rings. The van der Waals surface area contributed by atoms with E-state index in [0.29, 0.717) is 0 Å². The number of hydrogen-bond donors (Lipinski definition) is 0. The average Bonchev–Trinajstić information content (AvgIpc) is 0. The van der Waals surface area contributed by atoms with Gasteiger partial charge in [-0.15, -0.1) is 48.0 Å². The van der Waals surface area contributed by atoms with Gasteiger partial charge in [-0.3, -0.25) is 0 Å². The first-order valence-electron chi connectivity index (χ1n) is 0. The van der Waals surface area contributed by atoms with Gasteiger partial charge in [0.1, 0.15) is 0 Å². The third-order valence-corrected chi connectivity index (χ3v) is 0. The van der Waals surface area contributed by atoms with Crippen molar-refractivity contribution in [1.29, 1.82) is 0 Å². The van der Waals surface area contributed by atoms with E-state index in [4.69, 9.17) is 0 Å². The van der Waals surface area contributed by atoms with E-state index in [9.17, 15) is 0 Å². The molecule has 0 aliphatic rings. The predicted molar refractivity (Wildman–Crippen MR) is 38.0 cm³/mol. The molecule has 0 unspecified atom stereocenters. The second kappa shape index (κ2) is 15.9. The normalized spacial score (nSPS) is 0. The zero-order valence-corrected chi connectivity index (χ0v) is 8.28. The molecule has 0 N–H and O–H groups in total. The molecule has 0 rings (SSSR count). The zero-order chi connectivity index (χ0) is 0. The molecule has 0 aliphatic heterocycles. The van der Waals surface area contributed by atoms with Crippen molar-refractivity contribution in [3.8, 4) is 0 Å². The van der Waals surface area contributed by atoms with Crippen molar-refractivity contribution in [3.63, 3.8) is 0 Å². The first-order valence-corrected chi connectivity index (χ1v) is 0. The summed E-state index contributed by atoms with van der Waals surface area (Å²) in [6.45, 7) is 0. The summed E-state index contributed by atoms with van der Waals surface area (Å²) in [4.78, 5) is 0. The Kier molecular flexibility index (Phi) is 101. The molecule has 0 amide bonds. The van der Waals surface area contributed by atoms with E-state index < -0.39 is 0 Å². The summed E-state index contributed by atoms with van der Waals surface area (Å²) < 4.78 is 0. The Bertz CT molecular complexity index is 6.00. The minimum atomic E-state index is 0. The fourth-order valence-corrected chi connectivity index (χ4v) is 0. The van der Waals surface area contributed by atoms with Gasteiger partial charge in [-0.25, -0.2) is 0 Å². The molecular formula is H3EuI2Li. The molecule has 0 atom stereocenters. The van der Waals surface area contributed by atoms with Crippen LogP contribution >= 0.6 is 48.0 Å². The molecule has 25 valence electrons. The molecular weight excluding hydrogens is 413 g/mol. The Morgan fingerprint density at radius 2 is 0.750 bits per heavy atom. The van der Waals surface area contributed by atoms with Crippen LogP contribution in [-0.2, 0) is 0 Å². The van der Waals surface area contributed by atoms with E-state index in [1.807, 2.05) is 0 Å². The summed E-state index contributed by atoms with van der Waals surface area (Å²) in [5.41, 5.74) is 0. The molecule has 0 aromatic carbocycles. The van der Waals surface area contributed by atoms with Crippen LogP contribution in [0.5, 0.6) is 0 Å². The van der Waals surface area contributed by atoms with Gasteiger partial charge in [-0.1, -0.05) is 0 Å². The van der Waals surface area contributed by atoms with Crippen LogP contribution in [0.4, 0.5) is 0 Å². The van der Waals surface area contributed by atoms with Gasteiger partial charge in [0.25, 0.3) is 0 Å². The van der Waals surface area contributed by atoms with Crippen molar-refractivity contribution in [2.24, 2.45) is 0 Å². The SMILES string of the molecule is I.I.[Eu].[LiH]. The molecule has 4 heteroatoms. The van der Waals surface area contributed by atoms with Gasteiger partial charge >= 0.3 is 18.9 Å². The second-order valence-electron chi connectivity index (χ2n) is 0. The summed E-state index contributed by atoms with van der Waals surface area (Å²) in [6, 6.07) is 0. The third kappa shape index (κ3) is 9.17. The third-order valence-electron chi connectivity index (χ3n) is 0. The van der Waals surface area contributed by atoms with Crippen LogP contribution in [0.3, 0.4) is 0 Å². The van der Waals surface area contributed by atoms with Gasteiger partial charge in [0, 0.05) is 49.4 Å². The monoisotopic (exact) mass is 417 g/mol. The van der Waals surface area contributed by atoms with E-state index in [-0.39, 0.29) is 116 Å². The van der Waals surface area contributed by atoms with Crippen LogP contribution in [0.1, 0.15) is 0 Å². The number of hydrogen-bond acceptors (Lipinski definition) is 0. The molecule has 0 spiro atoms. The molecule has 0 aromatic rings. The van der Waals surface area contributed by atoms with Crippen molar-refractivity contribution < 1.29 is 49.4 Å². The topological polar surface area (TPSA) is 0 Å². The Labute approximate surface area is 113 Å². The van der Waals surface area contributed by atoms with Gasteiger partial charge in [0.05, 0.1) is 0 Å². The van der Waals surface area contributed by atoms with Crippen molar-refractivity contribution in [1.82, 2.24) is 0 Å². The standard InChI is InChI=1S/Eu.2HI.Li.H/h;2*1H;;. The molecule has 0 saturated heterocycles. The van der Waals surface area contributed by atoms with Crippen molar-refractivity contribution in [3.05, 3.63) is 0 Å². The summed E-state index contributed by atoms with van der Waals surface area (Å²) in [5.74, 6) is 0. The molecule has 4 heavy (non-hydrogen) atoms. The van der Waals surface area contributed by atoms with Crippen molar-refractivity contribution in [2.75, 3.05) is 0 Å². The second-order valence-corrected chi connectivity index (χ2v) is 0. The molecule has 0 saturated carbocycles. The summed E-state index contributed by atoms with van der Waals surface area (Å²) in [7, 11) is 0. The predicted octanol–water partition coefficient (Wildman–Crippen LogP) is 0.587. The van der Waals surface area contributed by atoms with Crippen LogP contribution in [0, 0.1) is 49.4 Å². The Morgan fingerprint density at radius 3 is 0.750 bits per heavy atom. The number of rotatable bonds is 0. The van der Waals surface area contributed by atoms with E-state index >= 15 is 0 Å². The van der Waals surface area contributed by atoms with Crippen LogP contribution in [0.15, 0.2) is 0 Å². The molecule has 1 radical (unpaired) electrons. The molecule has 0 heterocycles. The van der Waals surface area contributed by atoms with Crippen LogP contribution in [0.25, 0.3) is 0 Å². The first-order chi connectivity index (χ1) is 0. The summed E-state index contributed by atoms with van der Waals surface area (Å²) >= 11 is 0. The fourth-order valence-electron chi connectivity index (χ4n) is 0. The van der Waals surface area contributed by atoms with Crippen molar-refractivity contribution >= 4 is 66.8 Å². The Balaban J connectivity index is 0. The quantitative estimate of drug-likeness (QED) is 0.401. The van der Waals surface area contributed by atoms with Gasteiger partial charge in [0.2, 0.25) is 0 Å². The summed E-state index contributed by atoms with van der Waals surface area (Å²) in [6.07, 6.45) is 0. The average molecular weight is 416 g/mol.